The number of primary amides is 1. The van der Waals surface area contributed by atoms with Crippen LogP contribution < -0.4 is 5.73 Å². The summed E-state index contributed by atoms with van der Waals surface area (Å²) in [4.78, 5) is 29.8. The average Bonchev–Trinajstić information content (AvgIpc) is 3.49. The number of carbonyl (C=O) groups excluding carboxylic acids is 2. The number of nitrogens with zero attached hydrogens (tertiary/aromatic N) is 2. The SMILES string of the molecule is [B]=C1C(C(N)=O)=C(O)[C@@H](N(C)C)[C@@H]2C[C@@H]3Cc4c(c(O)cc(CN(CC)C[C@H]5CC6CC5C6(C)C)c4C(F)(F)F)C(O)=C3C(=O)[C@]12O. The molecule has 47 heavy (non-hydrogen) atoms. The normalized spacial score (nSPS) is 32.8. The van der Waals surface area contributed by atoms with Gasteiger partial charge in [0.05, 0.1) is 0 Å². The maximum absolute atomic E-state index is 15.0. The topological polar surface area (TPSA) is 148 Å². The molecule has 6 N–H and O–H groups in total. The van der Waals surface area contributed by atoms with Crippen LogP contribution in [0.5, 0.6) is 5.75 Å². The second kappa shape index (κ2) is 10.9. The first-order valence-corrected chi connectivity index (χ1v) is 16.2. The number of rotatable bonds is 7. The second-order valence-electron chi connectivity index (χ2n) is 15.0. The van der Waals surface area contributed by atoms with E-state index in [1.54, 1.807) is 0 Å². The molecule has 6 aliphatic rings. The summed E-state index contributed by atoms with van der Waals surface area (Å²) in [6.07, 6.45) is -3.22. The number of alkyl halides is 3. The number of Topliss-reactive ketones (excluding diaryl/α,β-unsaturated/α-hetero) is 1. The van der Waals surface area contributed by atoms with Gasteiger partial charge in [-0.15, -0.1) is 0 Å². The first-order chi connectivity index (χ1) is 21.8. The molecule has 6 aliphatic carbocycles. The van der Waals surface area contributed by atoms with E-state index in [0.29, 0.717) is 30.8 Å². The van der Waals surface area contributed by atoms with E-state index in [2.05, 4.69) is 13.8 Å². The summed E-state index contributed by atoms with van der Waals surface area (Å²) >= 11 is 0. The van der Waals surface area contributed by atoms with Gasteiger partial charge in [-0.25, -0.2) is 0 Å². The number of phenols is 1. The van der Waals surface area contributed by atoms with Crippen LogP contribution in [0.4, 0.5) is 13.2 Å². The molecule has 7 rings (SSSR count). The summed E-state index contributed by atoms with van der Waals surface area (Å²) < 4.78 is 45.1. The Balaban J connectivity index is 1.43. The number of benzene rings is 1. The molecule has 1 radical (unpaired) electrons. The van der Waals surface area contributed by atoms with Crippen LogP contribution in [0.25, 0.3) is 5.76 Å². The Morgan fingerprint density at radius 1 is 1.13 bits per heavy atom. The van der Waals surface area contributed by atoms with Crippen molar-refractivity contribution >= 4 is 30.4 Å². The Bertz CT molecular complexity index is 1650. The molecule has 4 saturated carbocycles. The molecule has 0 heterocycles. The summed E-state index contributed by atoms with van der Waals surface area (Å²) in [5, 5.41) is 45.6. The number of amides is 1. The third-order valence-corrected chi connectivity index (χ3v) is 12.2. The van der Waals surface area contributed by atoms with Crippen molar-refractivity contribution in [1.29, 1.82) is 0 Å². The zero-order chi connectivity index (χ0) is 34.7. The molecule has 13 heteroatoms. The molecule has 253 valence electrons. The minimum absolute atomic E-state index is 0.0629. The molecule has 0 spiro atoms. The molecular formula is C34H42BF3N3O6. The van der Waals surface area contributed by atoms with Gasteiger partial charge in [0.15, 0.2) is 0 Å². The number of hydrogen-bond donors (Lipinski definition) is 5. The van der Waals surface area contributed by atoms with Gasteiger partial charge in [0.1, 0.15) is 0 Å². The number of aliphatic hydroxyl groups is 3. The van der Waals surface area contributed by atoms with E-state index in [0.717, 1.165) is 18.9 Å². The molecule has 1 aromatic rings. The van der Waals surface area contributed by atoms with Crippen LogP contribution in [0.3, 0.4) is 0 Å². The molecule has 2 unspecified atom stereocenters. The van der Waals surface area contributed by atoms with Gasteiger partial charge in [-0.2, -0.15) is 0 Å². The van der Waals surface area contributed by atoms with Crippen LogP contribution in [0.1, 0.15) is 62.3 Å². The molecule has 2 bridgehead atoms. The number of carbonyl (C=O) groups is 2. The number of fused-ring (bicyclic) bond motifs is 4. The third kappa shape index (κ3) is 4.74. The quantitative estimate of drug-likeness (QED) is 0.281. The van der Waals surface area contributed by atoms with E-state index in [1.165, 1.54) is 19.0 Å². The average molecular weight is 657 g/mol. The van der Waals surface area contributed by atoms with Crippen molar-refractivity contribution in [3.63, 3.8) is 0 Å². The Hall–Kier alpha value is -3.16. The van der Waals surface area contributed by atoms with Crippen molar-refractivity contribution in [1.82, 2.24) is 9.80 Å². The van der Waals surface area contributed by atoms with E-state index < -0.39 is 86.3 Å². The van der Waals surface area contributed by atoms with Gasteiger partial charge in [0.25, 0.3) is 0 Å². The Kier molecular flexibility index (Phi) is 7.85. The summed E-state index contributed by atoms with van der Waals surface area (Å²) in [6.45, 7) is 7.48. The van der Waals surface area contributed by atoms with Crippen molar-refractivity contribution in [2.24, 2.45) is 40.7 Å². The zero-order valence-electron chi connectivity index (χ0n) is 27.3. The molecule has 1 amide bonds. The van der Waals surface area contributed by atoms with Gasteiger partial charge >= 0.3 is 216 Å². The van der Waals surface area contributed by atoms with Crippen LogP contribution >= 0.6 is 0 Å². The molecule has 0 aliphatic heterocycles. The van der Waals surface area contributed by atoms with E-state index in [9.17, 15) is 30.0 Å². The zero-order valence-corrected chi connectivity index (χ0v) is 27.3. The van der Waals surface area contributed by atoms with E-state index in [-0.39, 0.29) is 35.9 Å². The van der Waals surface area contributed by atoms with Gasteiger partial charge in [-0.05, 0) is 36.0 Å². The van der Waals surface area contributed by atoms with Crippen molar-refractivity contribution in [2.45, 2.75) is 70.8 Å². The van der Waals surface area contributed by atoms with E-state index in [1.807, 2.05) is 11.8 Å². The van der Waals surface area contributed by atoms with Crippen molar-refractivity contribution in [3.8, 4) is 5.75 Å². The number of nitrogens with two attached hydrogens (primary N) is 1. The van der Waals surface area contributed by atoms with Gasteiger partial charge in [0, 0.05) is 0 Å². The molecule has 0 aromatic heterocycles. The summed E-state index contributed by atoms with van der Waals surface area (Å²) in [7, 11) is 9.22. The molecule has 4 fully saturated rings. The predicted octanol–water partition coefficient (Wildman–Crippen LogP) is 3.26. The van der Waals surface area contributed by atoms with Crippen LogP contribution in [-0.4, -0.2) is 93.7 Å². The van der Waals surface area contributed by atoms with E-state index in [4.69, 9.17) is 13.2 Å². The van der Waals surface area contributed by atoms with Crippen LogP contribution in [0.2, 0.25) is 0 Å². The summed E-state index contributed by atoms with van der Waals surface area (Å²) in [5.41, 5.74) is -0.566. The Labute approximate surface area is 273 Å². The fourth-order valence-corrected chi connectivity index (χ4v) is 9.83. The molecule has 0 saturated heterocycles. The summed E-state index contributed by atoms with van der Waals surface area (Å²) in [5.74, 6) is -5.06. The third-order valence-electron chi connectivity index (χ3n) is 12.2. The van der Waals surface area contributed by atoms with Gasteiger partial charge in [0.2, 0.25) is 0 Å². The van der Waals surface area contributed by atoms with Gasteiger partial charge in [-0.3, -0.25) is 0 Å². The first kappa shape index (κ1) is 33.7. The van der Waals surface area contributed by atoms with Crippen molar-refractivity contribution < 1.29 is 43.2 Å². The summed E-state index contributed by atoms with van der Waals surface area (Å²) in [6, 6.07) is -0.129. The van der Waals surface area contributed by atoms with Gasteiger partial charge < -0.3 is 0 Å². The van der Waals surface area contributed by atoms with Crippen LogP contribution in [-0.2, 0) is 28.7 Å². The number of aliphatic hydroxyl groups excluding tert-OH is 2. The number of likely N-dealkylation sites (N-methyl/N-ethyl adjacent to an activating group) is 1. The molecule has 9 nitrogen and oxygen atoms in total. The Morgan fingerprint density at radius 2 is 1.79 bits per heavy atom. The molecule has 7 atom stereocenters. The number of ketones is 1. The fourth-order valence-electron chi connectivity index (χ4n) is 9.83. The maximum atomic E-state index is 15.0. The minimum atomic E-state index is -4.85. The number of halogens is 3. The molecule has 1 aromatic carbocycles. The fraction of sp³-hybridized carbons (Fsp3) is 0.618. The van der Waals surface area contributed by atoms with Crippen LogP contribution in [0, 0.1) is 35.0 Å². The number of aromatic hydroxyl groups is 1. The predicted molar refractivity (Wildman–Crippen MR) is 169 cm³/mol. The Morgan fingerprint density at radius 3 is 2.30 bits per heavy atom. The van der Waals surface area contributed by atoms with Crippen molar-refractivity contribution in [2.75, 3.05) is 27.2 Å². The van der Waals surface area contributed by atoms with Crippen molar-refractivity contribution in [3.05, 3.63) is 45.2 Å². The number of hydrogen-bond acceptors (Lipinski definition) is 8. The molecular weight excluding hydrogens is 614 g/mol. The first-order valence-electron chi connectivity index (χ1n) is 16.2. The van der Waals surface area contributed by atoms with Crippen LogP contribution in [0.15, 0.2) is 23.0 Å². The van der Waals surface area contributed by atoms with E-state index >= 15 is 13.2 Å². The van der Waals surface area contributed by atoms with Gasteiger partial charge in [-0.1, -0.05) is 20.8 Å². The second-order valence-corrected chi connectivity index (χ2v) is 15.0. The standard InChI is InChI=1S/C34H42BF3N3O6/c1-6-41(12-15-7-17-11-19(15)32(17,2)3)13-16-10-21(42)23-18(25(16)34(36,37)38)8-14-9-20-26(40(4)5)28(44)24(31(39)46)29(35)33(20,47)30(45)22(14)27(23)43/h10,14-15,17,19-20,26,42-44,47H,6-9,11-13H2,1-5H3,(H2,39,46)/t14-,15+,17?,19?,20-,26-,33+/m0/s1. The monoisotopic (exact) mass is 656 g/mol. The number of phenolic OH excluding ortho intramolecular Hbond substituents is 1.